The molecular formula is C25H25N5O2S. The summed E-state index contributed by atoms with van der Waals surface area (Å²) in [6.07, 6.45) is 11.6. The largest absolute Gasteiger partial charge is 0.489 e. The van der Waals surface area contributed by atoms with E-state index in [0.717, 1.165) is 40.5 Å². The van der Waals surface area contributed by atoms with Crippen molar-refractivity contribution in [3.8, 4) is 5.75 Å². The minimum atomic E-state index is -0.227. The lowest BCUT2D eigenvalue weighted by Gasteiger charge is -2.16. The molecule has 0 radical (unpaired) electrons. The molecule has 7 nitrogen and oxygen atoms in total. The van der Waals surface area contributed by atoms with Gasteiger partial charge in [-0.05, 0) is 60.4 Å². The fourth-order valence-corrected chi connectivity index (χ4v) is 3.79. The number of hydrogen-bond acceptors (Lipinski definition) is 6. The van der Waals surface area contributed by atoms with E-state index >= 15 is 0 Å². The van der Waals surface area contributed by atoms with E-state index in [1.807, 2.05) is 71.5 Å². The lowest BCUT2D eigenvalue weighted by Crippen LogP contribution is -2.29. The Morgan fingerprint density at radius 3 is 2.82 bits per heavy atom. The first kappa shape index (κ1) is 22.5. The van der Waals surface area contributed by atoms with Crippen LogP contribution in [-0.2, 0) is 11.4 Å². The van der Waals surface area contributed by atoms with E-state index in [2.05, 4.69) is 20.5 Å². The maximum Gasteiger partial charge on any atom is 0.244 e. The first-order chi connectivity index (χ1) is 16.2. The Kier molecular flexibility index (Phi) is 7.71. The van der Waals surface area contributed by atoms with Gasteiger partial charge in [-0.1, -0.05) is 24.3 Å². The van der Waals surface area contributed by atoms with Crippen molar-refractivity contribution in [2.75, 3.05) is 12.0 Å². The molecule has 1 N–H and O–H groups in total. The Labute approximate surface area is 196 Å². The molecule has 1 unspecified atom stereocenters. The third-order valence-corrected chi connectivity index (χ3v) is 5.66. The number of nitrogens with one attached hydrogen (secondary N) is 1. The molecule has 0 fully saturated rings. The number of nitrogens with zero attached hydrogens (tertiary/aromatic N) is 4. The molecule has 3 aromatic heterocycles. The van der Waals surface area contributed by atoms with E-state index in [9.17, 15) is 4.79 Å². The van der Waals surface area contributed by atoms with Crippen molar-refractivity contribution in [3.05, 3.63) is 96.2 Å². The summed E-state index contributed by atoms with van der Waals surface area (Å²) in [5, 5.41) is 11.6. The molecule has 0 saturated heterocycles. The minimum absolute atomic E-state index is 0.175. The Morgan fingerprint density at radius 2 is 2.03 bits per heavy atom. The van der Waals surface area contributed by atoms with Crippen molar-refractivity contribution < 1.29 is 9.53 Å². The zero-order valence-electron chi connectivity index (χ0n) is 18.3. The number of ether oxygens (including phenoxy) is 1. The summed E-state index contributed by atoms with van der Waals surface area (Å²) in [5.41, 5.74) is 2.68. The van der Waals surface area contributed by atoms with Crippen LogP contribution in [0.3, 0.4) is 0 Å². The molecule has 0 saturated carbocycles. The van der Waals surface area contributed by atoms with Gasteiger partial charge in [0, 0.05) is 30.2 Å². The van der Waals surface area contributed by atoms with Crippen molar-refractivity contribution in [1.29, 1.82) is 0 Å². The van der Waals surface area contributed by atoms with Crippen molar-refractivity contribution in [1.82, 2.24) is 24.9 Å². The van der Waals surface area contributed by atoms with Crippen LogP contribution in [0, 0.1) is 0 Å². The van der Waals surface area contributed by atoms with Gasteiger partial charge in [0.2, 0.25) is 5.91 Å². The van der Waals surface area contributed by atoms with Gasteiger partial charge < -0.3 is 10.1 Å². The van der Waals surface area contributed by atoms with Crippen LogP contribution < -0.4 is 10.1 Å². The van der Waals surface area contributed by atoms with Gasteiger partial charge in [0.25, 0.3) is 0 Å². The number of hydrogen-bond donors (Lipinski definition) is 1. The van der Waals surface area contributed by atoms with Crippen molar-refractivity contribution in [2.45, 2.75) is 19.1 Å². The number of amides is 1. The van der Waals surface area contributed by atoms with Gasteiger partial charge in [0.05, 0.1) is 6.04 Å². The first-order valence-corrected chi connectivity index (χ1v) is 12.0. The van der Waals surface area contributed by atoms with E-state index < -0.39 is 0 Å². The minimum Gasteiger partial charge on any atom is -0.489 e. The van der Waals surface area contributed by atoms with Gasteiger partial charge >= 0.3 is 0 Å². The third-order valence-electron chi connectivity index (χ3n) is 5.01. The van der Waals surface area contributed by atoms with Crippen LogP contribution in [0.15, 0.2) is 79.3 Å². The lowest BCUT2D eigenvalue weighted by atomic mass is 10.2. The number of thioether (sulfide) groups is 1. The predicted octanol–water partition coefficient (Wildman–Crippen LogP) is 4.33. The average Bonchev–Trinajstić information content (AvgIpc) is 3.29. The highest BCUT2D eigenvalue weighted by Gasteiger charge is 2.19. The summed E-state index contributed by atoms with van der Waals surface area (Å²) in [4.78, 5) is 16.7. The number of fused-ring (bicyclic) bond motifs is 1. The lowest BCUT2D eigenvalue weighted by molar-refractivity contribution is -0.117. The van der Waals surface area contributed by atoms with Gasteiger partial charge in [0.1, 0.15) is 12.4 Å². The van der Waals surface area contributed by atoms with Crippen molar-refractivity contribution in [2.24, 2.45) is 0 Å². The Bertz CT molecular complexity index is 1210. The molecule has 4 aromatic rings. The van der Waals surface area contributed by atoms with Crippen LogP contribution >= 0.6 is 11.8 Å². The normalized spacial score (nSPS) is 12.2. The van der Waals surface area contributed by atoms with Gasteiger partial charge in [-0.25, -0.2) is 0 Å². The Hall–Kier alpha value is -3.65. The summed E-state index contributed by atoms with van der Waals surface area (Å²) >= 11 is 1.73. The maximum absolute atomic E-state index is 12.7. The van der Waals surface area contributed by atoms with Crippen LogP contribution in [0.25, 0.3) is 11.7 Å². The van der Waals surface area contributed by atoms with Gasteiger partial charge in [-0.15, -0.1) is 10.2 Å². The van der Waals surface area contributed by atoms with E-state index in [1.54, 1.807) is 36.3 Å². The molecule has 3 heterocycles. The quantitative estimate of drug-likeness (QED) is 0.356. The van der Waals surface area contributed by atoms with E-state index in [0.29, 0.717) is 6.61 Å². The highest BCUT2D eigenvalue weighted by atomic mass is 32.2. The molecule has 0 aliphatic carbocycles. The fraction of sp³-hybridized carbons (Fsp3) is 0.200. The fourth-order valence-electron chi connectivity index (χ4n) is 3.32. The second-order valence-corrected chi connectivity index (χ2v) is 8.37. The summed E-state index contributed by atoms with van der Waals surface area (Å²) in [6.45, 7) is 0.459. The van der Waals surface area contributed by atoms with E-state index in [1.165, 1.54) is 0 Å². The number of carbonyl (C=O) groups excluding carboxylic acids is 1. The monoisotopic (exact) mass is 459 g/mol. The standard InChI is InChI=1S/C25H25N5O2S/c1-33-16-13-22(25-29-28-23-6-2-3-15-30(23)25)27-24(31)12-9-19-7-10-21(11-8-19)32-18-20-5-4-14-26-17-20/h2-12,14-15,17,22H,13,16,18H2,1H3,(H,27,31)/b12-9+. The third kappa shape index (κ3) is 6.20. The van der Waals surface area contributed by atoms with E-state index in [-0.39, 0.29) is 11.9 Å². The predicted molar refractivity (Wildman–Crippen MR) is 131 cm³/mol. The SMILES string of the molecule is CSCCC(NC(=O)/C=C/c1ccc(OCc2cccnc2)cc1)c1nnc2ccccn12. The average molecular weight is 460 g/mol. The summed E-state index contributed by atoms with van der Waals surface area (Å²) in [5.74, 6) is 2.22. The van der Waals surface area contributed by atoms with Crippen LogP contribution in [0.5, 0.6) is 5.75 Å². The highest BCUT2D eigenvalue weighted by Crippen LogP contribution is 2.19. The van der Waals surface area contributed by atoms with Gasteiger partial charge in [0.15, 0.2) is 11.5 Å². The van der Waals surface area contributed by atoms with Crippen LogP contribution in [0.2, 0.25) is 0 Å². The molecular weight excluding hydrogens is 434 g/mol. The van der Waals surface area contributed by atoms with Gasteiger partial charge in [-0.2, -0.15) is 11.8 Å². The maximum atomic E-state index is 12.7. The van der Waals surface area contributed by atoms with Gasteiger partial charge in [-0.3, -0.25) is 14.2 Å². The number of pyridine rings is 2. The molecule has 168 valence electrons. The molecule has 0 spiro atoms. The number of aromatic nitrogens is 4. The van der Waals surface area contributed by atoms with Crippen LogP contribution in [0.4, 0.5) is 0 Å². The van der Waals surface area contributed by atoms with Crippen LogP contribution in [0.1, 0.15) is 29.4 Å². The summed E-state index contributed by atoms with van der Waals surface area (Å²) in [6, 6.07) is 17.0. The summed E-state index contributed by atoms with van der Waals surface area (Å²) < 4.78 is 7.69. The summed E-state index contributed by atoms with van der Waals surface area (Å²) in [7, 11) is 0. The van der Waals surface area contributed by atoms with Crippen LogP contribution in [-0.4, -0.2) is 37.5 Å². The van der Waals surface area contributed by atoms with Crippen molar-refractivity contribution in [3.63, 3.8) is 0 Å². The Balaban J connectivity index is 1.37. The molecule has 0 aliphatic heterocycles. The number of rotatable bonds is 10. The number of carbonyl (C=O) groups is 1. The topological polar surface area (TPSA) is 81.4 Å². The molecule has 1 amide bonds. The first-order valence-electron chi connectivity index (χ1n) is 10.6. The molecule has 1 atom stereocenters. The second-order valence-electron chi connectivity index (χ2n) is 7.38. The molecule has 8 heteroatoms. The molecule has 1 aromatic carbocycles. The molecule has 33 heavy (non-hydrogen) atoms. The van der Waals surface area contributed by atoms with E-state index in [4.69, 9.17) is 4.74 Å². The smallest absolute Gasteiger partial charge is 0.244 e. The van der Waals surface area contributed by atoms with Crippen molar-refractivity contribution >= 4 is 29.4 Å². The zero-order valence-corrected chi connectivity index (χ0v) is 19.1. The highest BCUT2D eigenvalue weighted by molar-refractivity contribution is 7.98. The molecule has 0 bridgehead atoms. The number of benzene rings is 1. The second kappa shape index (κ2) is 11.3. The zero-order chi connectivity index (χ0) is 22.9. The molecule has 4 rings (SSSR count). The Morgan fingerprint density at radius 1 is 1.15 bits per heavy atom. The molecule has 0 aliphatic rings.